The molecule has 0 saturated carbocycles. The number of carboxylic acids is 1. The molecule has 0 aliphatic heterocycles. The van der Waals surface area contributed by atoms with Crippen LogP contribution in [0.3, 0.4) is 0 Å². The molecule has 21 heavy (non-hydrogen) atoms. The van der Waals surface area contributed by atoms with Gasteiger partial charge in [-0.3, -0.25) is 4.79 Å². The van der Waals surface area contributed by atoms with Crippen molar-refractivity contribution in [2.45, 2.75) is 31.7 Å². The van der Waals surface area contributed by atoms with Crippen LogP contribution in [-0.4, -0.2) is 32.6 Å². The lowest BCUT2D eigenvalue weighted by Crippen LogP contribution is -2.49. The van der Waals surface area contributed by atoms with Crippen LogP contribution in [0.2, 0.25) is 0 Å². The lowest BCUT2D eigenvalue weighted by Gasteiger charge is -2.27. The number of hydrogen-bond acceptors (Lipinski definition) is 4. The first-order valence-electron chi connectivity index (χ1n) is 6.07. The molecule has 6 nitrogen and oxygen atoms in total. The van der Waals surface area contributed by atoms with E-state index in [-0.39, 0.29) is 10.6 Å². The highest BCUT2D eigenvalue weighted by Gasteiger charge is 2.36. The van der Waals surface area contributed by atoms with Crippen molar-refractivity contribution < 1.29 is 23.1 Å². The van der Waals surface area contributed by atoms with E-state index in [4.69, 9.17) is 4.74 Å². The molecule has 1 aromatic rings. The molecule has 0 spiro atoms. The van der Waals surface area contributed by atoms with Crippen molar-refractivity contribution in [2.75, 3.05) is 7.11 Å². The monoisotopic (exact) mass is 379 g/mol. The molecular weight excluding hydrogens is 362 g/mol. The van der Waals surface area contributed by atoms with E-state index >= 15 is 0 Å². The molecule has 0 heterocycles. The molecule has 0 bridgehead atoms. The van der Waals surface area contributed by atoms with Crippen LogP contribution in [0, 0.1) is 5.41 Å². The predicted octanol–water partition coefficient (Wildman–Crippen LogP) is 2.24. The summed E-state index contributed by atoms with van der Waals surface area (Å²) < 4.78 is 32.7. The molecular formula is C13H18BrNO5S. The van der Waals surface area contributed by atoms with E-state index in [2.05, 4.69) is 20.7 Å². The molecule has 0 radical (unpaired) electrons. The van der Waals surface area contributed by atoms with Crippen LogP contribution in [0.5, 0.6) is 5.75 Å². The average molecular weight is 380 g/mol. The SMILES string of the molecule is COc1ccc(Br)cc1S(=O)(=O)N[C@@H](C(=O)O)C(C)(C)C. The number of carboxylic acid groups (broad SMARTS) is 1. The van der Waals surface area contributed by atoms with Gasteiger partial charge in [0.2, 0.25) is 10.0 Å². The normalized spacial score (nSPS) is 13.8. The number of benzene rings is 1. The zero-order chi connectivity index (χ0) is 16.4. The second-order valence-corrected chi connectivity index (χ2v) is 8.15. The minimum Gasteiger partial charge on any atom is -0.495 e. The first-order valence-corrected chi connectivity index (χ1v) is 8.35. The van der Waals surface area contributed by atoms with Crippen molar-refractivity contribution in [3.05, 3.63) is 22.7 Å². The second kappa shape index (κ2) is 6.33. The van der Waals surface area contributed by atoms with Crippen LogP contribution < -0.4 is 9.46 Å². The highest BCUT2D eigenvalue weighted by atomic mass is 79.9. The number of ether oxygens (including phenoxy) is 1. The molecule has 0 aliphatic carbocycles. The summed E-state index contributed by atoms with van der Waals surface area (Å²) >= 11 is 3.19. The van der Waals surface area contributed by atoms with Crippen molar-refractivity contribution in [2.24, 2.45) is 5.41 Å². The van der Waals surface area contributed by atoms with Crippen LogP contribution in [0.1, 0.15) is 20.8 Å². The molecule has 1 rings (SSSR count). The highest BCUT2D eigenvalue weighted by molar-refractivity contribution is 9.10. The standard InChI is InChI=1S/C13H18BrNO5S/c1-13(2,3)11(12(16)17)15-21(18,19)10-7-8(14)5-6-9(10)20-4/h5-7,11,15H,1-4H3,(H,16,17)/t11-/m0/s1. The topological polar surface area (TPSA) is 92.7 Å². The number of hydrogen-bond donors (Lipinski definition) is 2. The van der Waals surface area contributed by atoms with Crippen LogP contribution in [-0.2, 0) is 14.8 Å². The Balaban J connectivity index is 3.29. The van der Waals surface area contributed by atoms with Crippen molar-refractivity contribution >= 4 is 31.9 Å². The van der Waals surface area contributed by atoms with E-state index in [0.29, 0.717) is 4.47 Å². The fourth-order valence-electron chi connectivity index (χ4n) is 1.68. The Morgan fingerprint density at radius 2 is 1.95 bits per heavy atom. The molecule has 1 atom stereocenters. The fraction of sp³-hybridized carbons (Fsp3) is 0.462. The van der Waals surface area contributed by atoms with E-state index in [1.54, 1.807) is 26.8 Å². The largest absolute Gasteiger partial charge is 0.495 e. The fourth-order valence-corrected chi connectivity index (χ4v) is 3.78. The summed E-state index contributed by atoms with van der Waals surface area (Å²) in [6, 6.07) is 3.23. The van der Waals surface area contributed by atoms with Gasteiger partial charge in [-0.15, -0.1) is 0 Å². The van der Waals surface area contributed by atoms with Gasteiger partial charge in [0.1, 0.15) is 16.7 Å². The number of rotatable bonds is 5. The third-order valence-corrected chi connectivity index (χ3v) is 4.74. The molecule has 118 valence electrons. The molecule has 0 saturated heterocycles. The van der Waals surface area contributed by atoms with Crippen molar-refractivity contribution in [1.29, 1.82) is 0 Å². The molecule has 1 aromatic carbocycles. The van der Waals surface area contributed by atoms with Gasteiger partial charge < -0.3 is 9.84 Å². The lowest BCUT2D eigenvalue weighted by molar-refractivity contribution is -0.141. The Morgan fingerprint density at radius 1 is 1.38 bits per heavy atom. The van der Waals surface area contributed by atoms with E-state index < -0.39 is 27.4 Å². The number of methoxy groups -OCH3 is 1. The van der Waals surface area contributed by atoms with Gasteiger partial charge in [0.25, 0.3) is 0 Å². The molecule has 8 heteroatoms. The summed E-state index contributed by atoms with van der Waals surface area (Å²) in [6.07, 6.45) is 0. The van der Waals surface area contributed by atoms with Gasteiger partial charge in [-0.2, -0.15) is 4.72 Å². The van der Waals surface area contributed by atoms with E-state index in [1.165, 1.54) is 19.2 Å². The zero-order valence-electron chi connectivity index (χ0n) is 12.2. The number of sulfonamides is 1. The van der Waals surface area contributed by atoms with E-state index in [9.17, 15) is 18.3 Å². The molecule has 0 fully saturated rings. The molecule has 0 aromatic heterocycles. The maximum atomic E-state index is 12.5. The number of nitrogens with one attached hydrogen (secondary N) is 1. The van der Waals surface area contributed by atoms with Crippen LogP contribution in [0.15, 0.2) is 27.6 Å². The Bertz CT molecular complexity index is 636. The summed E-state index contributed by atoms with van der Waals surface area (Å²) in [6.45, 7) is 4.94. The van der Waals surface area contributed by atoms with Gasteiger partial charge in [0.15, 0.2) is 0 Å². The second-order valence-electron chi connectivity index (χ2n) is 5.55. The predicted molar refractivity (Wildman–Crippen MR) is 81.9 cm³/mol. The maximum Gasteiger partial charge on any atom is 0.322 e. The summed E-state index contributed by atoms with van der Waals surface area (Å²) in [5.74, 6) is -1.09. The van der Waals surface area contributed by atoms with E-state index in [0.717, 1.165) is 0 Å². The van der Waals surface area contributed by atoms with Crippen LogP contribution >= 0.6 is 15.9 Å². The third-order valence-electron chi connectivity index (χ3n) is 2.80. The van der Waals surface area contributed by atoms with Gasteiger partial charge in [0.05, 0.1) is 7.11 Å². The van der Waals surface area contributed by atoms with Gasteiger partial charge in [0, 0.05) is 4.47 Å². The smallest absolute Gasteiger partial charge is 0.322 e. The first-order chi connectivity index (χ1) is 9.49. The lowest BCUT2D eigenvalue weighted by atomic mass is 9.88. The van der Waals surface area contributed by atoms with Gasteiger partial charge in [-0.25, -0.2) is 8.42 Å². The summed E-state index contributed by atoms with van der Waals surface area (Å²) in [5, 5.41) is 9.23. The summed E-state index contributed by atoms with van der Waals surface area (Å²) in [7, 11) is -2.69. The highest BCUT2D eigenvalue weighted by Crippen LogP contribution is 2.29. The van der Waals surface area contributed by atoms with Crippen LogP contribution in [0.25, 0.3) is 0 Å². The van der Waals surface area contributed by atoms with Crippen molar-refractivity contribution in [3.8, 4) is 5.75 Å². The number of aliphatic carboxylic acids is 1. The van der Waals surface area contributed by atoms with Crippen LogP contribution in [0.4, 0.5) is 0 Å². The van der Waals surface area contributed by atoms with Gasteiger partial charge in [-0.1, -0.05) is 36.7 Å². The average Bonchev–Trinajstić information content (AvgIpc) is 2.34. The minimum absolute atomic E-state index is 0.116. The van der Waals surface area contributed by atoms with Gasteiger partial charge >= 0.3 is 5.97 Å². The molecule has 0 amide bonds. The first kappa shape index (κ1) is 17.9. The number of halogens is 1. The minimum atomic E-state index is -4.04. The Labute approximate surface area is 132 Å². The Hall–Kier alpha value is -1.12. The Morgan fingerprint density at radius 3 is 2.38 bits per heavy atom. The third kappa shape index (κ3) is 4.42. The number of carbonyl (C=O) groups is 1. The van der Waals surface area contributed by atoms with E-state index in [1.807, 2.05) is 0 Å². The molecule has 0 aliphatic rings. The molecule has 0 unspecified atom stereocenters. The van der Waals surface area contributed by atoms with Crippen molar-refractivity contribution in [1.82, 2.24) is 4.72 Å². The Kier molecular flexibility index (Phi) is 5.40. The summed E-state index contributed by atoms with van der Waals surface area (Å²) in [4.78, 5) is 11.2. The van der Waals surface area contributed by atoms with Gasteiger partial charge in [-0.05, 0) is 23.6 Å². The molecule has 2 N–H and O–H groups in total. The van der Waals surface area contributed by atoms with Crippen molar-refractivity contribution in [3.63, 3.8) is 0 Å². The maximum absolute atomic E-state index is 12.5. The quantitative estimate of drug-likeness (QED) is 0.817. The summed E-state index contributed by atoms with van der Waals surface area (Å²) in [5.41, 5.74) is -0.780. The zero-order valence-corrected chi connectivity index (χ0v) is 14.6.